The van der Waals surface area contributed by atoms with E-state index >= 15 is 0 Å². The quantitative estimate of drug-likeness (QED) is 0.116. The van der Waals surface area contributed by atoms with Crippen molar-refractivity contribution in [1.82, 2.24) is 4.90 Å². The van der Waals surface area contributed by atoms with Gasteiger partial charge >= 0.3 is 11.9 Å². The summed E-state index contributed by atoms with van der Waals surface area (Å²) in [7, 11) is 4.43. The molecule has 4 rings (SSSR count). The van der Waals surface area contributed by atoms with E-state index in [4.69, 9.17) is 28.4 Å². The lowest BCUT2D eigenvalue weighted by atomic mass is 9.78. The Hall–Kier alpha value is -3.94. The van der Waals surface area contributed by atoms with Gasteiger partial charge in [0.15, 0.2) is 5.78 Å². The van der Waals surface area contributed by atoms with Crippen LogP contribution in [0.3, 0.4) is 0 Å². The third kappa shape index (κ3) is 16.0. The number of nitrogens with zero attached hydrogens (tertiary/aromatic N) is 1. The number of ether oxygens (including phenoxy) is 6. The molecule has 1 aliphatic carbocycles. The predicted octanol–water partition coefficient (Wildman–Crippen LogP) is 5.72. The van der Waals surface area contributed by atoms with Crippen LogP contribution in [0.2, 0.25) is 0 Å². The molecule has 3 aliphatic heterocycles. The van der Waals surface area contributed by atoms with Crippen LogP contribution >= 0.6 is 0 Å². The number of rotatable bonds is 10. The normalized spacial score (nSPS) is 37.4. The zero-order valence-electron chi connectivity index (χ0n) is 45.3. The molecule has 3 fully saturated rings. The molecule has 0 aromatic heterocycles. The molecule has 73 heavy (non-hydrogen) atoms. The molecule has 4 N–H and O–H groups in total. The predicted molar refractivity (Wildman–Crippen MR) is 271 cm³/mol. The Morgan fingerprint density at radius 2 is 1.56 bits per heavy atom. The van der Waals surface area contributed by atoms with Crippen molar-refractivity contribution < 1.29 is 77.6 Å². The van der Waals surface area contributed by atoms with Gasteiger partial charge in [-0.15, -0.1) is 0 Å². The first-order valence-corrected chi connectivity index (χ1v) is 26.4. The van der Waals surface area contributed by atoms with Crippen LogP contribution in [0.25, 0.3) is 0 Å². The van der Waals surface area contributed by atoms with Crippen LogP contribution in [0.5, 0.6) is 0 Å². The molecule has 0 radical (unpaired) electrons. The van der Waals surface area contributed by atoms with Gasteiger partial charge in [0.1, 0.15) is 41.7 Å². The fourth-order valence-electron chi connectivity index (χ4n) is 10.7. The SMILES string of the molecule is COC1CC2CCC(C)C(O)(O2)C(=O)C(=O)N2CCCCC2C(=O)OC(C(C)CC2CCC(OC(=O)C(C)(CO)CO)C(OC)C2)CC(=O)C(C)/C=C(\C)C(O)C(OC)C(=O)C(C)CC(C)/C=C/C=C/C=C/1C. The van der Waals surface area contributed by atoms with Gasteiger partial charge in [-0.25, -0.2) is 4.79 Å². The molecule has 1 saturated carbocycles. The number of aliphatic hydroxyl groups excluding tert-OH is 3. The van der Waals surface area contributed by atoms with Crippen molar-refractivity contribution in [2.45, 2.75) is 187 Å². The van der Waals surface area contributed by atoms with Crippen LogP contribution in [0.1, 0.15) is 132 Å². The van der Waals surface area contributed by atoms with E-state index in [9.17, 15) is 49.2 Å². The molecule has 0 spiro atoms. The topological polar surface area (TPSA) is 242 Å². The number of Topliss-reactive ketones (excluding diaryl/α,β-unsaturated/α-hetero) is 3. The Bertz CT molecular complexity index is 2010. The number of hydrogen-bond donors (Lipinski definition) is 4. The minimum atomic E-state index is -2.47. The Morgan fingerprint density at radius 3 is 2.21 bits per heavy atom. The van der Waals surface area contributed by atoms with Crippen LogP contribution in [-0.2, 0) is 57.2 Å². The summed E-state index contributed by atoms with van der Waals surface area (Å²) < 4.78 is 35.4. The van der Waals surface area contributed by atoms with Crippen molar-refractivity contribution in [2.75, 3.05) is 41.1 Å². The van der Waals surface area contributed by atoms with E-state index in [2.05, 4.69) is 0 Å². The van der Waals surface area contributed by atoms with Crippen LogP contribution in [0.15, 0.2) is 47.6 Å². The molecular formula is C56H87NO16. The van der Waals surface area contributed by atoms with E-state index in [-0.39, 0.29) is 42.8 Å². The van der Waals surface area contributed by atoms with Gasteiger partial charge in [0.2, 0.25) is 5.79 Å². The second kappa shape index (κ2) is 28.3. The van der Waals surface area contributed by atoms with Gasteiger partial charge in [0.25, 0.3) is 11.7 Å². The average molecular weight is 1030 g/mol. The van der Waals surface area contributed by atoms with Gasteiger partial charge in [-0.05, 0) is 114 Å². The number of methoxy groups -OCH3 is 3. The van der Waals surface area contributed by atoms with Crippen molar-refractivity contribution in [3.05, 3.63) is 47.6 Å². The highest BCUT2D eigenvalue weighted by Crippen LogP contribution is 2.38. The summed E-state index contributed by atoms with van der Waals surface area (Å²) in [5.74, 6) is -9.36. The van der Waals surface area contributed by atoms with Crippen LogP contribution in [0.4, 0.5) is 0 Å². The molecule has 17 heteroatoms. The van der Waals surface area contributed by atoms with Crippen molar-refractivity contribution in [3.8, 4) is 0 Å². The molecule has 0 aromatic rings. The van der Waals surface area contributed by atoms with E-state index in [0.29, 0.717) is 69.8 Å². The maximum Gasteiger partial charge on any atom is 0.329 e. The summed E-state index contributed by atoms with van der Waals surface area (Å²) in [5.41, 5.74) is -0.277. The molecule has 0 aromatic carbocycles. The summed E-state index contributed by atoms with van der Waals surface area (Å²) in [5, 5.41) is 43.1. The second-order valence-electron chi connectivity index (χ2n) is 21.8. The zero-order chi connectivity index (χ0) is 54.4. The number of carbonyl (C=O) groups is 6. The van der Waals surface area contributed by atoms with Crippen molar-refractivity contribution in [3.63, 3.8) is 0 Å². The van der Waals surface area contributed by atoms with Gasteiger partial charge < -0.3 is 53.7 Å². The molecule has 3 heterocycles. The molecular weight excluding hydrogens is 943 g/mol. The Labute approximate surface area is 433 Å². The first-order chi connectivity index (χ1) is 34.5. The van der Waals surface area contributed by atoms with Crippen molar-refractivity contribution in [1.29, 1.82) is 0 Å². The smallest absolute Gasteiger partial charge is 0.329 e. The van der Waals surface area contributed by atoms with E-state index in [0.717, 1.165) is 10.5 Å². The number of fused-ring (bicyclic) bond motifs is 3. The molecule has 1 amide bonds. The van der Waals surface area contributed by atoms with Crippen LogP contribution in [-0.4, -0.2) is 156 Å². The minimum absolute atomic E-state index is 0.00697. The largest absolute Gasteiger partial charge is 0.460 e. The van der Waals surface area contributed by atoms with Gasteiger partial charge in [-0.3, -0.25) is 24.0 Å². The lowest BCUT2D eigenvalue weighted by Crippen LogP contribution is -2.61. The number of aliphatic hydroxyl groups is 4. The first-order valence-electron chi connectivity index (χ1n) is 26.4. The number of piperidine rings is 1. The fraction of sp³-hybridized carbons (Fsp3) is 0.750. The number of allylic oxidation sites excluding steroid dienone is 6. The van der Waals surface area contributed by atoms with Gasteiger partial charge in [0, 0.05) is 58.5 Å². The minimum Gasteiger partial charge on any atom is -0.460 e. The summed E-state index contributed by atoms with van der Waals surface area (Å²) in [6.07, 6.45) is 9.76. The van der Waals surface area contributed by atoms with Gasteiger partial charge in [-0.1, -0.05) is 71.1 Å². The highest BCUT2D eigenvalue weighted by atomic mass is 16.6. The number of amides is 1. The van der Waals surface area contributed by atoms with E-state index in [1.54, 1.807) is 40.9 Å². The number of ketones is 3. The van der Waals surface area contributed by atoms with Gasteiger partial charge in [-0.2, -0.15) is 0 Å². The maximum atomic E-state index is 14.5. The lowest BCUT2D eigenvalue weighted by molar-refractivity contribution is -0.265. The molecule has 15 unspecified atom stereocenters. The van der Waals surface area contributed by atoms with Gasteiger partial charge in [0.05, 0.1) is 31.5 Å². The summed E-state index contributed by atoms with van der Waals surface area (Å²) in [4.78, 5) is 85.4. The van der Waals surface area contributed by atoms with Crippen LogP contribution < -0.4 is 0 Å². The summed E-state index contributed by atoms with van der Waals surface area (Å²) >= 11 is 0. The van der Waals surface area contributed by atoms with Crippen LogP contribution in [0, 0.1) is 40.9 Å². The molecule has 4 aliphatic rings. The highest BCUT2D eigenvalue weighted by molar-refractivity contribution is 6.39. The monoisotopic (exact) mass is 1030 g/mol. The molecule has 2 saturated heterocycles. The molecule has 412 valence electrons. The summed E-state index contributed by atoms with van der Waals surface area (Å²) in [6.45, 7) is 12.7. The number of hydrogen-bond acceptors (Lipinski definition) is 16. The zero-order valence-corrected chi connectivity index (χ0v) is 45.3. The lowest BCUT2D eigenvalue weighted by Gasteiger charge is -2.42. The Morgan fingerprint density at radius 1 is 0.863 bits per heavy atom. The standard InChI is InChI=1S/C56H87NO16/c1-33-17-13-12-14-18-34(2)45(68-9)29-41-22-20-39(7)56(67,73-41)51(63)52(64)57-24-16-15-19-42(57)53(65)71-46(30-43(60)35(3)26-38(6)49(62)50(70-11)48(61)37(5)25-33)36(4)27-40-21-23-44(47(28-40)69-10)72-54(66)55(8,31-58)32-59/h12-14,17-18,26,33,35-37,39-42,44-47,49-50,58-59,62,67H,15-16,19-25,27-32H2,1-11H3/b14-12+,17-13+,34-18+,38-26+. The maximum absolute atomic E-state index is 14.5. The highest BCUT2D eigenvalue weighted by Gasteiger charge is 2.53. The summed E-state index contributed by atoms with van der Waals surface area (Å²) in [6, 6.07) is -1.20. The fourth-order valence-corrected chi connectivity index (χ4v) is 10.7. The number of esters is 2. The first kappa shape index (κ1) is 61.6. The average Bonchev–Trinajstić information content (AvgIpc) is 3.37. The van der Waals surface area contributed by atoms with Crippen molar-refractivity contribution in [2.24, 2.45) is 40.9 Å². The van der Waals surface area contributed by atoms with E-state index in [1.165, 1.54) is 21.1 Å². The Balaban J connectivity index is 1.69. The van der Waals surface area contributed by atoms with E-state index < -0.39 is 120 Å². The third-order valence-electron chi connectivity index (χ3n) is 15.9. The number of cyclic esters (lactones) is 1. The van der Waals surface area contributed by atoms with E-state index in [1.807, 2.05) is 51.2 Å². The van der Waals surface area contributed by atoms with Crippen molar-refractivity contribution >= 4 is 35.2 Å². The molecule has 17 nitrogen and oxygen atoms in total. The third-order valence-corrected chi connectivity index (χ3v) is 15.9. The Kier molecular flexibility index (Phi) is 23.9. The second-order valence-corrected chi connectivity index (χ2v) is 21.8. The molecule has 2 bridgehead atoms. The number of carbonyl (C=O) groups excluding carboxylic acids is 6. The molecule has 15 atom stereocenters.